The van der Waals surface area contributed by atoms with E-state index in [2.05, 4.69) is 25.3 Å². The van der Waals surface area contributed by atoms with E-state index in [0.29, 0.717) is 52.6 Å². The number of ketones is 1. The molecule has 1 N–H and O–H groups in total. The van der Waals surface area contributed by atoms with Crippen LogP contribution in [0.2, 0.25) is 0 Å². The van der Waals surface area contributed by atoms with E-state index in [0.717, 1.165) is 30.3 Å². The summed E-state index contributed by atoms with van der Waals surface area (Å²) in [6.45, 7) is 5.18. The molecule has 1 aliphatic heterocycles. The number of Topliss-reactive ketones (excluding diaryl/α,β-unsaturated/α-hetero) is 1. The van der Waals surface area contributed by atoms with E-state index in [1.807, 2.05) is 24.9 Å². The smallest absolute Gasteiger partial charge is 0.339 e. The molecule has 232 valence electrons. The van der Waals surface area contributed by atoms with E-state index in [4.69, 9.17) is 4.98 Å². The number of nitrogens with zero attached hydrogens (tertiary/aromatic N) is 7. The molecule has 1 saturated heterocycles. The van der Waals surface area contributed by atoms with Gasteiger partial charge in [-0.15, -0.1) is 0 Å². The number of piperazine rings is 1. The summed E-state index contributed by atoms with van der Waals surface area (Å²) in [4.78, 5) is 31.2. The molecule has 0 atom stereocenters. The molecule has 2 aromatic carbocycles. The third-order valence-corrected chi connectivity index (χ3v) is 8.16. The van der Waals surface area contributed by atoms with Crippen molar-refractivity contribution in [3.8, 4) is 11.4 Å². The first-order chi connectivity index (χ1) is 21.5. The molecule has 4 heterocycles. The van der Waals surface area contributed by atoms with Gasteiger partial charge in [0.05, 0.1) is 17.1 Å². The summed E-state index contributed by atoms with van der Waals surface area (Å²) in [5.41, 5.74) is 3.08. The minimum Gasteiger partial charge on any atom is -0.339 e. The molecular weight excluding hydrogens is 581 g/mol. The second-order valence-electron chi connectivity index (χ2n) is 11.5. The van der Waals surface area contributed by atoms with Crippen LogP contribution in [0.1, 0.15) is 32.6 Å². The van der Waals surface area contributed by atoms with E-state index < -0.39 is 11.7 Å². The third kappa shape index (κ3) is 6.71. The monoisotopic (exact) mass is 614 g/mol. The van der Waals surface area contributed by atoms with Gasteiger partial charge in [0.1, 0.15) is 5.82 Å². The van der Waals surface area contributed by atoms with Crippen molar-refractivity contribution >= 4 is 28.3 Å². The molecule has 12 heteroatoms. The van der Waals surface area contributed by atoms with E-state index in [9.17, 15) is 18.0 Å². The summed E-state index contributed by atoms with van der Waals surface area (Å²) in [5.74, 6) is 0.678. The first kappa shape index (κ1) is 30.4. The molecule has 45 heavy (non-hydrogen) atoms. The van der Waals surface area contributed by atoms with Crippen LogP contribution in [0.3, 0.4) is 0 Å². The lowest BCUT2D eigenvalue weighted by Crippen LogP contribution is -2.44. The normalized spacial score (nSPS) is 14.6. The van der Waals surface area contributed by atoms with Crippen LogP contribution in [-0.2, 0) is 26.2 Å². The molecule has 1 aliphatic rings. The number of rotatable bonds is 8. The molecule has 0 amide bonds. The predicted octanol–water partition coefficient (Wildman–Crippen LogP) is 5.67. The topological polar surface area (TPSA) is 92.1 Å². The van der Waals surface area contributed by atoms with Gasteiger partial charge in [-0.25, -0.2) is 9.97 Å². The molecule has 9 nitrogen and oxygen atoms in total. The van der Waals surface area contributed by atoms with Gasteiger partial charge < -0.3 is 10.2 Å². The Morgan fingerprint density at radius 2 is 1.78 bits per heavy atom. The number of hydrogen-bond acceptors (Lipinski definition) is 8. The van der Waals surface area contributed by atoms with Crippen molar-refractivity contribution in [2.24, 2.45) is 7.05 Å². The molecule has 0 unspecified atom stereocenters. The van der Waals surface area contributed by atoms with Crippen molar-refractivity contribution in [3.63, 3.8) is 0 Å². The lowest BCUT2D eigenvalue weighted by Gasteiger charge is -2.33. The van der Waals surface area contributed by atoms with Gasteiger partial charge in [-0.3, -0.25) is 19.4 Å². The van der Waals surface area contributed by atoms with Crippen LogP contribution < -0.4 is 5.32 Å². The fraction of sp³-hybridized carbons (Fsp3) is 0.303. The summed E-state index contributed by atoms with van der Waals surface area (Å²) in [6.07, 6.45) is 0.331. The van der Waals surface area contributed by atoms with Gasteiger partial charge in [0.25, 0.3) is 0 Å². The molecule has 0 aliphatic carbocycles. The van der Waals surface area contributed by atoms with Crippen LogP contribution >= 0.6 is 0 Å². The highest BCUT2D eigenvalue weighted by Gasteiger charge is 2.34. The summed E-state index contributed by atoms with van der Waals surface area (Å²) < 4.78 is 44.0. The maximum atomic E-state index is 14.1. The molecule has 3 aromatic heterocycles. The molecule has 6 rings (SSSR count). The quantitative estimate of drug-likeness (QED) is 0.224. The number of pyridine rings is 1. The van der Waals surface area contributed by atoms with Crippen molar-refractivity contribution in [2.45, 2.75) is 26.1 Å². The molecular formula is C33H33F3N8O. The zero-order valence-electron chi connectivity index (χ0n) is 25.3. The number of anilines is 2. The number of aromatic nitrogens is 5. The van der Waals surface area contributed by atoms with Crippen LogP contribution in [0.5, 0.6) is 0 Å². The van der Waals surface area contributed by atoms with E-state index >= 15 is 0 Å². The lowest BCUT2D eigenvalue weighted by molar-refractivity contribution is -0.138. The van der Waals surface area contributed by atoms with Crippen LogP contribution in [0, 0.1) is 6.92 Å². The minimum atomic E-state index is -4.52. The largest absolute Gasteiger partial charge is 0.416 e. The highest BCUT2D eigenvalue weighted by Crippen LogP contribution is 2.34. The number of carbonyl (C=O) groups is 1. The van der Waals surface area contributed by atoms with Crippen LogP contribution in [-0.4, -0.2) is 73.5 Å². The number of halogens is 3. The molecule has 0 spiro atoms. The molecule has 0 bridgehead atoms. The molecule has 0 saturated carbocycles. The number of alkyl halides is 3. The first-order valence-corrected chi connectivity index (χ1v) is 14.7. The number of nitrogens with one attached hydrogen (secondary N) is 1. The average molecular weight is 615 g/mol. The van der Waals surface area contributed by atoms with Gasteiger partial charge in [-0.1, -0.05) is 24.3 Å². The van der Waals surface area contributed by atoms with Crippen molar-refractivity contribution in [2.75, 3.05) is 38.5 Å². The van der Waals surface area contributed by atoms with Gasteiger partial charge in [0, 0.05) is 75.4 Å². The Labute approximate surface area is 258 Å². The van der Waals surface area contributed by atoms with Gasteiger partial charge in [0.2, 0.25) is 0 Å². The summed E-state index contributed by atoms with van der Waals surface area (Å²) in [5, 5.41) is 8.37. The SMILES string of the molecule is Cc1ccc(C(=O)Cc2ccc(CN3CCN(C)CC3)c(C(F)(F)F)c2)cc1Nc1nc(-c2cccnc2)nc2c1cnn2C. The third-order valence-electron chi connectivity index (χ3n) is 8.16. The zero-order chi connectivity index (χ0) is 31.7. The van der Waals surface area contributed by atoms with Crippen molar-refractivity contribution < 1.29 is 18.0 Å². The molecule has 5 aromatic rings. The Balaban J connectivity index is 1.25. The highest BCUT2D eigenvalue weighted by molar-refractivity contribution is 5.99. The standard InChI is InChI=1S/C33H33F3N8O/c1-21-6-8-23(17-28(21)39-31-26-19-38-43(3)32(26)41-30(40-31)24-5-4-10-37-18-24)29(45)16-22-7-9-25(27(15-22)33(34,35)36)20-44-13-11-42(2)12-14-44/h4-10,15,17-19H,11-14,16,20H2,1-3H3,(H,39,40,41). The molecule has 0 radical (unpaired) electrons. The maximum Gasteiger partial charge on any atom is 0.416 e. The van der Waals surface area contributed by atoms with E-state index in [1.54, 1.807) is 60.7 Å². The average Bonchev–Trinajstić information content (AvgIpc) is 3.40. The summed E-state index contributed by atoms with van der Waals surface area (Å²) in [6, 6.07) is 13.1. The Morgan fingerprint density at radius 1 is 0.978 bits per heavy atom. The Bertz CT molecular complexity index is 1850. The number of carbonyl (C=O) groups excluding carboxylic acids is 1. The minimum absolute atomic E-state index is 0.161. The predicted molar refractivity (Wildman–Crippen MR) is 166 cm³/mol. The van der Waals surface area contributed by atoms with Gasteiger partial charge >= 0.3 is 6.18 Å². The number of fused-ring (bicyclic) bond motifs is 1. The fourth-order valence-electron chi connectivity index (χ4n) is 5.47. The van der Waals surface area contributed by atoms with Crippen molar-refractivity contribution in [3.05, 3.63) is 94.9 Å². The highest BCUT2D eigenvalue weighted by atomic mass is 19.4. The second kappa shape index (κ2) is 12.4. The van der Waals surface area contributed by atoms with E-state index in [-0.39, 0.29) is 24.3 Å². The fourth-order valence-corrected chi connectivity index (χ4v) is 5.47. The van der Waals surface area contributed by atoms with Gasteiger partial charge in [0.15, 0.2) is 17.3 Å². The Kier molecular flexibility index (Phi) is 8.34. The van der Waals surface area contributed by atoms with Gasteiger partial charge in [-0.2, -0.15) is 18.3 Å². The van der Waals surface area contributed by atoms with Crippen molar-refractivity contribution in [1.29, 1.82) is 0 Å². The van der Waals surface area contributed by atoms with Crippen molar-refractivity contribution in [1.82, 2.24) is 34.5 Å². The lowest BCUT2D eigenvalue weighted by atomic mass is 9.97. The van der Waals surface area contributed by atoms with E-state index in [1.165, 1.54) is 6.07 Å². The van der Waals surface area contributed by atoms with Gasteiger partial charge in [-0.05, 0) is 54.9 Å². The number of likely N-dealkylation sites (N-methyl/N-ethyl adjacent to an activating group) is 1. The number of hydrogen-bond donors (Lipinski definition) is 1. The zero-order valence-corrected chi connectivity index (χ0v) is 25.3. The van der Waals surface area contributed by atoms with Crippen LogP contribution in [0.25, 0.3) is 22.4 Å². The molecule has 1 fully saturated rings. The number of benzene rings is 2. The number of aryl methyl sites for hydroxylation is 2. The Hall–Kier alpha value is -4.68. The first-order valence-electron chi connectivity index (χ1n) is 14.7. The summed E-state index contributed by atoms with van der Waals surface area (Å²) >= 11 is 0. The Morgan fingerprint density at radius 3 is 2.51 bits per heavy atom. The van der Waals surface area contributed by atoms with Crippen LogP contribution in [0.15, 0.2) is 67.1 Å². The summed E-state index contributed by atoms with van der Waals surface area (Å²) in [7, 11) is 3.80. The maximum absolute atomic E-state index is 14.1. The van der Waals surface area contributed by atoms with Crippen LogP contribution in [0.4, 0.5) is 24.7 Å². The second-order valence-corrected chi connectivity index (χ2v) is 11.5.